The smallest absolute Gasteiger partial charge is 0.346 e. The fourth-order valence-corrected chi connectivity index (χ4v) is 2.72. The summed E-state index contributed by atoms with van der Waals surface area (Å²) in [6.45, 7) is 1.91. The average molecular weight is 391 g/mol. The van der Waals surface area contributed by atoms with Crippen LogP contribution in [-0.2, 0) is 20.9 Å². The summed E-state index contributed by atoms with van der Waals surface area (Å²) in [5, 5.41) is 13.2. The van der Waals surface area contributed by atoms with E-state index in [1.807, 2.05) is 24.3 Å². The molecule has 0 aliphatic heterocycles. The van der Waals surface area contributed by atoms with Crippen LogP contribution in [0.25, 0.3) is 22.2 Å². The molecule has 0 aliphatic rings. The van der Waals surface area contributed by atoms with Gasteiger partial charge in [-0.2, -0.15) is 0 Å². The third-order valence-corrected chi connectivity index (χ3v) is 4.21. The van der Waals surface area contributed by atoms with Crippen molar-refractivity contribution in [1.29, 1.82) is 0 Å². The van der Waals surface area contributed by atoms with Gasteiger partial charge in [-0.15, -0.1) is 5.10 Å². The van der Waals surface area contributed by atoms with Gasteiger partial charge >= 0.3 is 5.97 Å². The first kappa shape index (κ1) is 18.4. The van der Waals surface area contributed by atoms with Crippen LogP contribution in [-0.4, -0.2) is 55.3 Å². The van der Waals surface area contributed by atoms with E-state index in [-0.39, 0.29) is 6.61 Å². The quantitative estimate of drug-likeness (QED) is 0.277. The van der Waals surface area contributed by atoms with Gasteiger partial charge in [0.1, 0.15) is 11.4 Å². The number of carbonyl (C=O) groups is 1. The van der Waals surface area contributed by atoms with E-state index in [0.29, 0.717) is 29.2 Å². The zero-order chi connectivity index (χ0) is 20.2. The number of fused-ring (bicyclic) bond motifs is 2. The Bertz CT molecular complexity index is 1220. The monoisotopic (exact) mass is 391 g/mol. The molecule has 0 unspecified atom stereocenters. The molecule has 0 saturated carbocycles. The summed E-state index contributed by atoms with van der Waals surface area (Å²) in [6, 6.07) is 9.93. The molecule has 0 fully saturated rings. The second kappa shape index (κ2) is 7.97. The molecule has 10 heteroatoms. The van der Waals surface area contributed by atoms with Crippen molar-refractivity contribution in [3.8, 4) is 0 Å². The Morgan fingerprint density at radius 1 is 1.24 bits per heavy atom. The molecule has 0 atom stereocenters. The van der Waals surface area contributed by atoms with Gasteiger partial charge in [0, 0.05) is 11.6 Å². The number of methoxy groups -OCH3 is 1. The van der Waals surface area contributed by atoms with E-state index in [9.17, 15) is 4.79 Å². The Kier molecular flexibility index (Phi) is 5.06. The predicted molar refractivity (Wildman–Crippen MR) is 104 cm³/mol. The number of aromatic nitrogens is 6. The van der Waals surface area contributed by atoms with Crippen LogP contribution in [0.5, 0.6) is 0 Å². The maximum absolute atomic E-state index is 11.1. The van der Waals surface area contributed by atoms with Crippen molar-refractivity contribution in [3.05, 3.63) is 54.0 Å². The van der Waals surface area contributed by atoms with E-state index in [1.165, 1.54) is 13.3 Å². The Labute approximate surface area is 165 Å². The Morgan fingerprint density at radius 3 is 3.00 bits per heavy atom. The second-order valence-corrected chi connectivity index (χ2v) is 6.21. The van der Waals surface area contributed by atoms with Gasteiger partial charge in [-0.05, 0) is 30.7 Å². The number of ether oxygens (including phenoxy) is 1. The summed E-state index contributed by atoms with van der Waals surface area (Å²) in [6.07, 6.45) is 3.30. The van der Waals surface area contributed by atoms with Crippen LogP contribution in [0.3, 0.4) is 0 Å². The van der Waals surface area contributed by atoms with Gasteiger partial charge in [0.15, 0.2) is 5.65 Å². The lowest BCUT2D eigenvalue weighted by Crippen LogP contribution is -2.10. The molecule has 0 spiro atoms. The molecule has 0 radical (unpaired) electrons. The fourth-order valence-electron chi connectivity index (χ4n) is 2.72. The van der Waals surface area contributed by atoms with Crippen molar-refractivity contribution in [3.63, 3.8) is 0 Å². The molecule has 1 aromatic carbocycles. The van der Waals surface area contributed by atoms with Gasteiger partial charge in [-0.3, -0.25) is 4.98 Å². The van der Waals surface area contributed by atoms with E-state index < -0.39 is 5.97 Å². The van der Waals surface area contributed by atoms with Crippen LogP contribution in [0.15, 0.2) is 47.9 Å². The SMILES string of the molecule is COC(=O)CO/N=C(/C)c1cnc2nnn(Cc3ccc4ncccc4c3)c2n1. The number of hydrogen-bond donors (Lipinski definition) is 0. The summed E-state index contributed by atoms with van der Waals surface area (Å²) in [5.41, 5.74) is 3.88. The van der Waals surface area contributed by atoms with Crippen LogP contribution in [0.4, 0.5) is 0 Å². The molecule has 146 valence electrons. The second-order valence-electron chi connectivity index (χ2n) is 6.21. The molecule has 29 heavy (non-hydrogen) atoms. The predicted octanol–water partition coefficient (Wildman–Crippen LogP) is 1.73. The zero-order valence-corrected chi connectivity index (χ0v) is 15.8. The molecule has 0 aliphatic carbocycles. The van der Waals surface area contributed by atoms with Gasteiger partial charge < -0.3 is 9.57 Å². The third-order valence-electron chi connectivity index (χ3n) is 4.21. The Hall–Kier alpha value is -3.95. The normalized spacial score (nSPS) is 11.7. The molecular formula is C19H17N7O3. The van der Waals surface area contributed by atoms with E-state index in [1.54, 1.807) is 17.8 Å². The minimum absolute atomic E-state index is 0.278. The number of pyridine rings is 1. The standard InChI is InChI=1S/C19H17N7O3/c1-12(24-29-11-17(27)28-2)16-9-21-18-19(22-16)26(25-23-18)10-13-5-6-15-14(8-13)4-3-7-20-15/h3-9H,10-11H2,1-2H3/b24-12-. The molecule has 0 bridgehead atoms. The molecule has 0 amide bonds. The summed E-state index contributed by atoms with van der Waals surface area (Å²) in [5.74, 6) is -0.518. The first-order valence-electron chi connectivity index (χ1n) is 8.77. The number of oxime groups is 1. The van der Waals surface area contributed by atoms with Crippen molar-refractivity contribution in [2.24, 2.45) is 5.16 Å². The number of nitrogens with zero attached hydrogens (tertiary/aromatic N) is 7. The van der Waals surface area contributed by atoms with Gasteiger partial charge in [0.2, 0.25) is 12.3 Å². The average Bonchev–Trinajstić information content (AvgIpc) is 3.15. The Balaban J connectivity index is 1.59. The first-order valence-corrected chi connectivity index (χ1v) is 8.77. The Morgan fingerprint density at radius 2 is 2.14 bits per heavy atom. The highest BCUT2D eigenvalue weighted by atomic mass is 16.6. The van der Waals surface area contributed by atoms with E-state index in [0.717, 1.165) is 16.5 Å². The molecule has 4 rings (SSSR count). The molecule has 10 nitrogen and oxygen atoms in total. The first-order chi connectivity index (χ1) is 14.1. The molecule has 3 heterocycles. The van der Waals surface area contributed by atoms with Crippen molar-refractivity contribution < 1.29 is 14.4 Å². The highest BCUT2D eigenvalue weighted by Crippen LogP contribution is 2.15. The van der Waals surface area contributed by atoms with E-state index in [2.05, 4.69) is 41.2 Å². The summed E-state index contributed by atoms with van der Waals surface area (Å²) < 4.78 is 6.17. The number of benzene rings is 1. The zero-order valence-electron chi connectivity index (χ0n) is 15.8. The van der Waals surface area contributed by atoms with Gasteiger partial charge in [0.25, 0.3) is 0 Å². The third kappa shape index (κ3) is 4.00. The number of hydrogen-bond acceptors (Lipinski definition) is 9. The van der Waals surface area contributed by atoms with Gasteiger partial charge in [-0.1, -0.05) is 22.5 Å². The summed E-state index contributed by atoms with van der Waals surface area (Å²) >= 11 is 0. The van der Waals surface area contributed by atoms with Crippen LogP contribution in [0.2, 0.25) is 0 Å². The lowest BCUT2D eigenvalue weighted by molar-refractivity contribution is -0.145. The molecular weight excluding hydrogens is 374 g/mol. The molecule has 3 aromatic heterocycles. The highest BCUT2D eigenvalue weighted by molar-refractivity contribution is 5.97. The van der Waals surface area contributed by atoms with Crippen molar-refractivity contribution in [2.45, 2.75) is 13.5 Å². The minimum Gasteiger partial charge on any atom is -0.466 e. The maximum Gasteiger partial charge on any atom is 0.346 e. The molecule has 0 saturated heterocycles. The lowest BCUT2D eigenvalue weighted by Gasteiger charge is -2.05. The number of carbonyl (C=O) groups excluding carboxylic acids is 1. The van der Waals surface area contributed by atoms with Crippen LogP contribution in [0, 0.1) is 0 Å². The van der Waals surface area contributed by atoms with Crippen LogP contribution in [0.1, 0.15) is 18.2 Å². The topological polar surface area (TPSA) is 117 Å². The highest BCUT2D eigenvalue weighted by Gasteiger charge is 2.12. The summed E-state index contributed by atoms with van der Waals surface area (Å²) in [4.78, 5) is 29.2. The largest absolute Gasteiger partial charge is 0.466 e. The fraction of sp³-hybridized carbons (Fsp3) is 0.211. The van der Waals surface area contributed by atoms with Crippen LogP contribution < -0.4 is 0 Å². The van der Waals surface area contributed by atoms with Crippen molar-refractivity contribution in [1.82, 2.24) is 29.9 Å². The lowest BCUT2D eigenvalue weighted by atomic mass is 10.1. The summed E-state index contributed by atoms with van der Waals surface area (Å²) in [7, 11) is 1.28. The maximum atomic E-state index is 11.1. The molecule has 0 N–H and O–H groups in total. The number of rotatable bonds is 6. The molecule has 4 aromatic rings. The van der Waals surface area contributed by atoms with Crippen molar-refractivity contribution in [2.75, 3.05) is 13.7 Å². The van der Waals surface area contributed by atoms with Crippen LogP contribution >= 0.6 is 0 Å². The minimum atomic E-state index is -0.518. The van der Waals surface area contributed by atoms with E-state index in [4.69, 9.17) is 4.84 Å². The van der Waals surface area contributed by atoms with Crippen molar-refractivity contribution >= 4 is 33.9 Å². The van der Waals surface area contributed by atoms with E-state index >= 15 is 0 Å². The van der Waals surface area contributed by atoms with Gasteiger partial charge in [-0.25, -0.2) is 19.4 Å². The van der Waals surface area contributed by atoms with Gasteiger partial charge in [0.05, 0.1) is 25.4 Å². The number of esters is 1.